The van der Waals surface area contributed by atoms with Crippen LogP contribution in [0.15, 0.2) is 30.5 Å². The van der Waals surface area contributed by atoms with Crippen LogP contribution in [0.3, 0.4) is 0 Å². The summed E-state index contributed by atoms with van der Waals surface area (Å²) in [5.41, 5.74) is 2.63. The lowest BCUT2D eigenvalue weighted by Gasteiger charge is -1.94. The molecule has 0 radical (unpaired) electrons. The average molecular weight is 176 g/mol. The van der Waals surface area contributed by atoms with Crippen LogP contribution in [-0.4, -0.2) is 11.5 Å². The number of rotatable bonds is 1. The summed E-state index contributed by atoms with van der Waals surface area (Å²) in [6, 6.07) is 7.57. The van der Waals surface area contributed by atoms with Crippen molar-refractivity contribution in [3.8, 4) is 0 Å². The van der Waals surface area contributed by atoms with Gasteiger partial charge in [0.05, 0.1) is 10.5 Å². The number of nitrogens with one attached hydrogen (secondary N) is 1. The van der Waals surface area contributed by atoms with Crippen LogP contribution in [0.1, 0.15) is 5.56 Å². The van der Waals surface area contributed by atoms with Crippen molar-refractivity contribution < 1.29 is 4.92 Å². The fraction of sp³-hybridized carbons (Fsp3) is 0.111. The molecule has 0 amide bonds. The summed E-state index contributed by atoms with van der Waals surface area (Å²) < 4.78 is 0. The van der Waals surface area contributed by atoms with Crippen LogP contribution in [0.2, 0.25) is 0 Å². The molecule has 13 heavy (non-hydrogen) atoms. The molecule has 0 unspecified atom stereocenters. The summed E-state index contributed by atoms with van der Waals surface area (Å²) in [5, 5.41) is 13.3. The summed E-state index contributed by atoms with van der Waals surface area (Å²) in [4.78, 5) is 9.85. The normalized spacial score (nSPS) is 16.8. The number of anilines is 1. The van der Waals surface area contributed by atoms with Crippen LogP contribution in [0.25, 0.3) is 5.57 Å². The Kier molecular flexibility index (Phi) is 1.73. The first-order chi connectivity index (χ1) is 6.27. The highest BCUT2D eigenvalue weighted by atomic mass is 16.6. The van der Waals surface area contributed by atoms with Gasteiger partial charge in [0.15, 0.2) is 0 Å². The van der Waals surface area contributed by atoms with Crippen molar-refractivity contribution in [3.05, 3.63) is 46.1 Å². The molecule has 4 heteroatoms. The fourth-order valence-electron chi connectivity index (χ4n) is 1.45. The van der Waals surface area contributed by atoms with Crippen LogP contribution >= 0.6 is 0 Å². The molecule has 4 nitrogen and oxygen atoms in total. The molecular formula is C9H8N2O2. The second kappa shape index (κ2) is 2.90. The number of hydrogen-bond donors (Lipinski definition) is 1. The maximum absolute atomic E-state index is 10.3. The predicted octanol–water partition coefficient (Wildman–Crippen LogP) is 1.73. The van der Waals surface area contributed by atoms with E-state index in [1.807, 2.05) is 24.3 Å². The van der Waals surface area contributed by atoms with Crippen LogP contribution in [0.5, 0.6) is 0 Å². The minimum Gasteiger partial charge on any atom is -0.380 e. The minimum absolute atomic E-state index is 0.418. The number of nitrogens with zero attached hydrogens (tertiary/aromatic N) is 1. The van der Waals surface area contributed by atoms with Crippen LogP contribution in [0, 0.1) is 10.1 Å². The van der Waals surface area contributed by atoms with Gasteiger partial charge < -0.3 is 5.32 Å². The lowest BCUT2D eigenvalue weighted by molar-refractivity contribution is -0.401. The Hall–Kier alpha value is -1.84. The maximum atomic E-state index is 10.3. The molecule has 1 aromatic carbocycles. The highest BCUT2D eigenvalue weighted by Crippen LogP contribution is 2.29. The van der Waals surface area contributed by atoms with Gasteiger partial charge >= 0.3 is 0 Å². The number of nitro groups is 1. The minimum atomic E-state index is -0.418. The molecule has 0 aromatic heterocycles. The molecule has 2 rings (SSSR count). The first kappa shape index (κ1) is 7.79. The Morgan fingerprint density at radius 2 is 2.23 bits per heavy atom. The lowest BCUT2D eigenvalue weighted by Crippen LogP contribution is -1.94. The Morgan fingerprint density at radius 1 is 1.46 bits per heavy atom. The molecule has 0 bridgehead atoms. The van der Waals surface area contributed by atoms with Gasteiger partial charge in [0.1, 0.15) is 0 Å². The highest BCUT2D eigenvalue weighted by molar-refractivity contribution is 5.83. The molecule has 0 aliphatic carbocycles. The van der Waals surface area contributed by atoms with Crippen molar-refractivity contribution in [2.45, 2.75) is 0 Å². The summed E-state index contributed by atoms with van der Waals surface area (Å²) in [7, 11) is 0. The Bertz CT molecular complexity index is 385. The summed E-state index contributed by atoms with van der Waals surface area (Å²) in [5.74, 6) is 0. The molecule has 0 atom stereocenters. The van der Waals surface area contributed by atoms with Gasteiger partial charge in [-0.25, -0.2) is 0 Å². The third-order valence-electron chi connectivity index (χ3n) is 2.00. The zero-order valence-corrected chi connectivity index (χ0v) is 6.86. The molecule has 1 aromatic rings. The van der Waals surface area contributed by atoms with Crippen molar-refractivity contribution in [2.75, 3.05) is 11.9 Å². The lowest BCUT2D eigenvalue weighted by atomic mass is 10.1. The molecule has 1 aliphatic heterocycles. The van der Waals surface area contributed by atoms with E-state index in [-0.39, 0.29) is 0 Å². The van der Waals surface area contributed by atoms with E-state index in [0.29, 0.717) is 6.54 Å². The standard InChI is InChI=1S/C9H8N2O2/c12-11(13)6-7-5-10-9-4-2-1-3-8(7)9/h1-4,6,10H,5H2. The van der Waals surface area contributed by atoms with E-state index in [1.54, 1.807) is 0 Å². The highest BCUT2D eigenvalue weighted by Gasteiger charge is 2.16. The second-order valence-corrected chi connectivity index (χ2v) is 2.84. The molecule has 0 saturated heterocycles. The van der Waals surface area contributed by atoms with Gasteiger partial charge in [-0.15, -0.1) is 0 Å². The van der Waals surface area contributed by atoms with Gasteiger partial charge in [0.25, 0.3) is 0 Å². The second-order valence-electron chi connectivity index (χ2n) is 2.84. The van der Waals surface area contributed by atoms with E-state index in [2.05, 4.69) is 5.32 Å². The molecular weight excluding hydrogens is 168 g/mol. The Balaban J connectivity index is 2.44. The van der Waals surface area contributed by atoms with E-state index >= 15 is 0 Å². The number of hydrogen-bond acceptors (Lipinski definition) is 3. The summed E-state index contributed by atoms with van der Waals surface area (Å²) in [6.07, 6.45) is 1.05. The average Bonchev–Trinajstić information content (AvgIpc) is 2.48. The van der Waals surface area contributed by atoms with E-state index in [1.165, 1.54) is 0 Å². The van der Waals surface area contributed by atoms with E-state index in [0.717, 1.165) is 23.0 Å². The SMILES string of the molecule is O=[N+]([O-])C=C1CNc2ccccc21. The monoisotopic (exact) mass is 176 g/mol. The van der Waals surface area contributed by atoms with E-state index in [9.17, 15) is 10.1 Å². The smallest absolute Gasteiger partial charge is 0.240 e. The van der Waals surface area contributed by atoms with Crippen molar-refractivity contribution in [2.24, 2.45) is 0 Å². The van der Waals surface area contributed by atoms with Crippen molar-refractivity contribution >= 4 is 11.3 Å². The number of fused-ring (bicyclic) bond motifs is 1. The Labute approximate surface area is 75.0 Å². The predicted molar refractivity (Wildman–Crippen MR) is 49.9 cm³/mol. The van der Waals surface area contributed by atoms with Gasteiger partial charge in [-0.1, -0.05) is 18.2 Å². The zero-order chi connectivity index (χ0) is 9.26. The van der Waals surface area contributed by atoms with Gasteiger partial charge in [-0.05, 0) is 6.07 Å². The quantitative estimate of drug-likeness (QED) is 0.523. The summed E-state index contributed by atoms with van der Waals surface area (Å²) >= 11 is 0. The third-order valence-corrected chi connectivity index (χ3v) is 2.00. The van der Waals surface area contributed by atoms with Crippen LogP contribution in [0.4, 0.5) is 5.69 Å². The van der Waals surface area contributed by atoms with Crippen molar-refractivity contribution in [1.29, 1.82) is 0 Å². The summed E-state index contributed by atoms with van der Waals surface area (Å²) in [6.45, 7) is 0.542. The molecule has 0 fully saturated rings. The van der Waals surface area contributed by atoms with Crippen molar-refractivity contribution in [3.63, 3.8) is 0 Å². The topological polar surface area (TPSA) is 55.2 Å². The zero-order valence-electron chi connectivity index (χ0n) is 6.86. The van der Waals surface area contributed by atoms with E-state index in [4.69, 9.17) is 0 Å². The molecule has 66 valence electrons. The van der Waals surface area contributed by atoms with Gasteiger partial charge in [-0.2, -0.15) is 0 Å². The first-order valence-corrected chi connectivity index (χ1v) is 3.95. The Morgan fingerprint density at radius 3 is 3.00 bits per heavy atom. The largest absolute Gasteiger partial charge is 0.380 e. The van der Waals surface area contributed by atoms with Gasteiger partial charge in [-0.3, -0.25) is 10.1 Å². The molecule has 0 spiro atoms. The first-order valence-electron chi connectivity index (χ1n) is 3.95. The number of benzene rings is 1. The fourth-order valence-corrected chi connectivity index (χ4v) is 1.45. The molecule has 0 saturated carbocycles. The van der Waals surface area contributed by atoms with Crippen molar-refractivity contribution in [1.82, 2.24) is 0 Å². The molecule has 1 heterocycles. The maximum Gasteiger partial charge on any atom is 0.240 e. The third kappa shape index (κ3) is 1.38. The van der Waals surface area contributed by atoms with Crippen LogP contribution in [-0.2, 0) is 0 Å². The van der Waals surface area contributed by atoms with Crippen LogP contribution < -0.4 is 5.32 Å². The molecule has 1 N–H and O–H groups in total. The van der Waals surface area contributed by atoms with Gasteiger partial charge in [0.2, 0.25) is 6.20 Å². The molecule has 1 aliphatic rings. The number of para-hydroxylation sites is 1. The van der Waals surface area contributed by atoms with Gasteiger partial charge in [0, 0.05) is 17.8 Å². The van der Waals surface area contributed by atoms with E-state index < -0.39 is 4.92 Å².